The first-order valence-corrected chi connectivity index (χ1v) is 18.7. The molecule has 0 unspecified atom stereocenters. The number of hydrogen-bond donors (Lipinski definition) is 0. The second-order valence-electron chi connectivity index (χ2n) is 16.6. The molecule has 52 heavy (non-hydrogen) atoms. The molecule has 252 valence electrons. The summed E-state index contributed by atoms with van der Waals surface area (Å²) in [6.07, 6.45) is 0. The first-order valence-electron chi connectivity index (χ1n) is 18.7. The molecule has 0 saturated heterocycles. The van der Waals surface area contributed by atoms with Crippen molar-refractivity contribution in [3.63, 3.8) is 0 Å². The fraction of sp³-hybridized carbons (Fsp3) is 0.176. The largest absolute Gasteiger partial charge is 0.310 e. The molecule has 0 N–H and O–H groups in total. The third-order valence-electron chi connectivity index (χ3n) is 13.2. The minimum atomic E-state index is -0.0822. The zero-order valence-corrected chi connectivity index (χ0v) is 30.9. The molecule has 0 spiro atoms. The molecule has 8 aromatic rings. The lowest BCUT2D eigenvalue weighted by Crippen LogP contribution is -2.43. The molecule has 0 aromatic heterocycles. The summed E-state index contributed by atoms with van der Waals surface area (Å²) in [7, 11) is 0. The van der Waals surface area contributed by atoms with Crippen molar-refractivity contribution in [1.82, 2.24) is 0 Å². The van der Waals surface area contributed by atoms with Gasteiger partial charge < -0.3 is 4.90 Å². The second-order valence-corrected chi connectivity index (χ2v) is 16.6. The lowest BCUT2D eigenvalue weighted by atomic mass is 9.55. The van der Waals surface area contributed by atoms with Crippen LogP contribution in [0.2, 0.25) is 0 Å². The molecule has 8 aromatic carbocycles. The van der Waals surface area contributed by atoms with Gasteiger partial charge in [-0.15, -0.1) is 0 Å². The summed E-state index contributed by atoms with van der Waals surface area (Å²) >= 11 is 0. The van der Waals surface area contributed by atoms with E-state index < -0.39 is 0 Å². The Kier molecular flexibility index (Phi) is 6.39. The van der Waals surface area contributed by atoms with E-state index in [1.165, 1.54) is 88.2 Å². The maximum Gasteiger partial charge on any atom is 0.0540 e. The number of rotatable bonds is 3. The van der Waals surface area contributed by atoms with Gasteiger partial charge in [-0.25, -0.2) is 0 Å². The Hall–Kier alpha value is -5.66. The van der Waals surface area contributed by atoms with Gasteiger partial charge in [0.2, 0.25) is 0 Å². The Morgan fingerprint density at radius 3 is 1.90 bits per heavy atom. The number of para-hydroxylation sites is 1. The predicted molar refractivity (Wildman–Crippen MR) is 223 cm³/mol. The average Bonchev–Trinajstić information content (AvgIpc) is 3.39. The predicted octanol–water partition coefficient (Wildman–Crippen LogP) is 14.2. The highest BCUT2D eigenvalue weighted by Gasteiger charge is 2.46. The van der Waals surface area contributed by atoms with E-state index in [9.17, 15) is 0 Å². The van der Waals surface area contributed by atoms with Crippen molar-refractivity contribution in [2.45, 2.75) is 57.8 Å². The van der Waals surface area contributed by atoms with Gasteiger partial charge in [0.05, 0.1) is 5.69 Å². The highest BCUT2D eigenvalue weighted by Crippen LogP contribution is 2.57. The van der Waals surface area contributed by atoms with Crippen LogP contribution in [-0.4, -0.2) is 0 Å². The number of benzene rings is 8. The van der Waals surface area contributed by atoms with Crippen LogP contribution in [0.3, 0.4) is 0 Å². The summed E-state index contributed by atoms with van der Waals surface area (Å²) in [4.78, 5) is 2.46. The fourth-order valence-corrected chi connectivity index (χ4v) is 9.63. The van der Waals surface area contributed by atoms with Crippen LogP contribution in [0.1, 0.15) is 63.8 Å². The summed E-state index contributed by atoms with van der Waals surface area (Å²) in [5, 5.41) is 7.74. The van der Waals surface area contributed by atoms with Gasteiger partial charge in [-0.05, 0) is 125 Å². The van der Waals surface area contributed by atoms with E-state index in [-0.39, 0.29) is 16.2 Å². The number of hydrogen-bond acceptors (Lipinski definition) is 1. The fourth-order valence-electron chi connectivity index (χ4n) is 9.63. The molecule has 0 heterocycles. The van der Waals surface area contributed by atoms with E-state index in [2.05, 4.69) is 198 Å². The highest BCUT2D eigenvalue weighted by molar-refractivity contribution is 6.15. The Balaban J connectivity index is 1.22. The van der Waals surface area contributed by atoms with Crippen molar-refractivity contribution in [3.8, 4) is 22.3 Å². The molecular weight excluding hydrogens is 627 g/mol. The van der Waals surface area contributed by atoms with Gasteiger partial charge in [0.25, 0.3) is 0 Å². The summed E-state index contributed by atoms with van der Waals surface area (Å²) in [6.45, 7) is 14.5. The molecule has 0 radical (unpaired) electrons. The van der Waals surface area contributed by atoms with Gasteiger partial charge in [0.1, 0.15) is 0 Å². The summed E-state index contributed by atoms with van der Waals surface area (Å²) in [5.41, 5.74) is 14.4. The Morgan fingerprint density at radius 2 is 1.06 bits per heavy atom. The Labute approximate surface area is 307 Å². The van der Waals surface area contributed by atoms with Crippen LogP contribution >= 0.6 is 0 Å². The molecule has 2 aliphatic rings. The van der Waals surface area contributed by atoms with Crippen LogP contribution in [0.5, 0.6) is 0 Å². The van der Waals surface area contributed by atoms with Crippen LogP contribution in [0, 0.1) is 0 Å². The van der Waals surface area contributed by atoms with Crippen LogP contribution < -0.4 is 4.90 Å². The van der Waals surface area contributed by atoms with Crippen molar-refractivity contribution < 1.29 is 0 Å². The Bertz CT molecular complexity index is 2760. The summed E-state index contributed by atoms with van der Waals surface area (Å²) < 4.78 is 0. The van der Waals surface area contributed by atoms with Gasteiger partial charge in [0.15, 0.2) is 0 Å². The zero-order chi connectivity index (χ0) is 35.6. The van der Waals surface area contributed by atoms with Crippen LogP contribution in [0.25, 0.3) is 54.6 Å². The van der Waals surface area contributed by atoms with Gasteiger partial charge in [-0.2, -0.15) is 0 Å². The molecule has 1 heteroatoms. The molecule has 1 nitrogen and oxygen atoms in total. The zero-order valence-electron chi connectivity index (χ0n) is 30.9. The highest BCUT2D eigenvalue weighted by atomic mass is 15.1. The van der Waals surface area contributed by atoms with Crippen LogP contribution in [0.4, 0.5) is 17.1 Å². The molecule has 10 rings (SSSR count). The third-order valence-corrected chi connectivity index (χ3v) is 13.2. The van der Waals surface area contributed by atoms with Crippen LogP contribution in [-0.2, 0) is 16.2 Å². The van der Waals surface area contributed by atoms with Crippen molar-refractivity contribution in [2.24, 2.45) is 0 Å². The standard InChI is InChI=1S/C51H43N/c1-49(2)43-21-13-12-19-38(43)39-27-25-35(30-45(39)49)52(34-16-8-7-9-17-34)47-22-14-20-37-40(47)26-23-33-29-46-42(31-41(33)37)48-36-18-11-10-15-32(36)24-28-44(48)50(3,4)51(46,5)6/h7-31H,1-6H3. The average molecular weight is 670 g/mol. The molecule has 0 bridgehead atoms. The molecule has 0 fully saturated rings. The lowest BCUT2D eigenvalue weighted by molar-refractivity contribution is 0.299. The Morgan fingerprint density at radius 1 is 0.365 bits per heavy atom. The molecule has 2 aliphatic carbocycles. The molecule has 0 aliphatic heterocycles. The minimum absolute atomic E-state index is 0.0426. The molecule has 0 atom stereocenters. The van der Waals surface area contributed by atoms with Crippen molar-refractivity contribution in [3.05, 3.63) is 174 Å². The van der Waals surface area contributed by atoms with Crippen molar-refractivity contribution in [1.29, 1.82) is 0 Å². The normalized spacial score (nSPS) is 16.0. The SMILES string of the molecule is CC1(C)c2ccccc2-c2ccc(N(c3ccccc3)c3cccc4c3ccc3cc5c(cc34)-c3c(ccc4ccccc34)C(C)(C)C5(C)C)cc21. The quantitative estimate of drug-likeness (QED) is 0.169. The maximum absolute atomic E-state index is 2.51. The lowest BCUT2D eigenvalue weighted by Gasteiger charge is -2.48. The monoisotopic (exact) mass is 669 g/mol. The van der Waals surface area contributed by atoms with Gasteiger partial charge in [-0.1, -0.05) is 151 Å². The first-order chi connectivity index (χ1) is 25.1. The smallest absolute Gasteiger partial charge is 0.0540 e. The number of fused-ring (bicyclic) bond motifs is 11. The minimum Gasteiger partial charge on any atom is -0.310 e. The van der Waals surface area contributed by atoms with E-state index in [4.69, 9.17) is 0 Å². The second kappa shape index (κ2) is 10.7. The van der Waals surface area contributed by atoms with Gasteiger partial charge >= 0.3 is 0 Å². The van der Waals surface area contributed by atoms with E-state index in [1.54, 1.807) is 0 Å². The molecule has 0 saturated carbocycles. The number of nitrogens with zero attached hydrogens (tertiary/aromatic N) is 1. The van der Waals surface area contributed by atoms with E-state index in [0.29, 0.717) is 0 Å². The topological polar surface area (TPSA) is 3.24 Å². The van der Waals surface area contributed by atoms with E-state index in [1.807, 2.05) is 0 Å². The first kappa shape index (κ1) is 31.1. The van der Waals surface area contributed by atoms with Gasteiger partial charge in [-0.3, -0.25) is 0 Å². The maximum atomic E-state index is 2.51. The van der Waals surface area contributed by atoms with E-state index >= 15 is 0 Å². The van der Waals surface area contributed by atoms with E-state index in [0.717, 1.165) is 5.69 Å². The van der Waals surface area contributed by atoms with Crippen molar-refractivity contribution >= 4 is 49.4 Å². The summed E-state index contributed by atoms with van der Waals surface area (Å²) in [5.74, 6) is 0. The van der Waals surface area contributed by atoms with Crippen LogP contribution in [0.15, 0.2) is 152 Å². The molecular formula is C51H43N. The van der Waals surface area contributed by atoms with Crippen molar-refractivity contribution in [2.75, 3.05) is 4.90 Å². The summed E-state index contributed by atoms with van der Waals surface area (Å²) in [6, 6.07) is 57.0. The third kappa shape index (κ3) is 4.11. The number of anilines is 3. The molecule has 0 amide bonds. The van der Waals surface area contributed by atoms with Gasteiger partial charge in [0, 0.05) is 22.2 Å².